The lowest BCUT2D eigenvalue weighted by molar-refractivity contribution is -0.116. The summed E-state index contributed by atoms with van der Waals surface area (Å²) in [5.74, 6) is 0.0787. The molecule has 0 unspecified atom stereocenters. The van der Waals surface area contributed by atoms with Crippen LogP contribution >= 0.6 is 11.8 Å². The van der Waals surface area contributed by atoms with Crippen molar-refractivity contribution < 1.29 is 4.79 Å². The first-order valence-corrected chi connectivity index (χ1v) is 7.82. The number of amides is 1. The van der Waals surface area contributed by atoms with E-state index in [9.17, 15) is 4.79 Å². The van der Waals surface area contributed by atoms with Crippen LogP contribution in [0, 0.1) is 13.8 Å². The van der Waals surface area contributed by atoms with Crippen molar-refractivity contribution >= 4 is 29.0 Å². The number of nitrogens with one attached hydrogen (secondary N) is 1. The number of nitrogens with two attached hydrogens (primary N) is 1. The van der Waals surface area contributed by atoms with Gasteiger partial charge in [0.15, 0.2) is 0 Å². The predicted molar refractivity (Wildman–Crippen MR) is 87.8 cm³/mol. The highest BCUT2D eigenvalue weighted by Gasteiger charge is 2.17. The predicted octanol–water partition coefficient (Wildman–Crippen LogP) is 3.92. The van der Waals surface area contributed by atoms with Crippen LogP contribution in [0.5, 0.6) is 0 Å². The first kappa shape index (κ1) is 14.0. The lowest BCUT2D eigenvalue weighted by Gasteiger charge is -2.19. The highest BCUT2D eigenvalue weighted by Crippen LogP contribution is 2.38. The molecule has 0 fully saturated rings. The molecular weight excluding hydrogens is 280 g/mol. The van der Waals surface area contributed by atoms with Gasteiger partial charge in [-0.1, -0.05) is 23.9 Å². The van der Waals surface area contributed by atoms with E-state index in [0.717, 1.165) is 28.3 Å². The quantitative estimate of drug-likeness (QED) is 0.826. The number of rotatable bonds is 2. The third-order valence-corrected chi connectivity index (χ3v) is 4.93. The third kappa shape index (κ3) is 2.90. The third-order valence-electron chi connectivity index (χ3n) is 3.69. The van der Waals surface area contributed by atoms with E-state index in [2.05, 4.69) is 37.4 Å². The maximum atomic E-state index is 11.5. The van der Waals surface area contributed by atoms with Gasteiger partial charge in [-0.25, -0.2) is 0 Å². The second-order valence-corrected chi connectivity index (χ2v) is 6.55. The Labute approximate surface area is 128 Å². The minimum absolute atomic E-state index is 0.0787. The first-order valence-electron chi connectivity index (χ1n) is 7.00. The number of fused-ring (bicyclic) bond motifs is 1. The molecule has 1 amide bonds. The van der Waals surface area contributed by atoms with E-state index in [1.54, 1.807) is 11.8 Å². The maximum absolute atomic E-state index is 11.5. The van der Waals surface area contributed by atoms with Gasteiger partial charge in [-0.3, -0.25) is 4.79 Å². The minimum atomic E-state index is 0.0787. The molecule has 0 spiro atoms. The Bertz CT molecular complexity index is 725. The second kappa shape index (κ2) is 5.45. The van der Waals surface area contributed by atoms with Gasteiger partial charge in [-0.15, -0.1) is 0 Å². The van der Waals surface area contributed by atoms with Crippen molar-refractivity contribution in [2.75, 3.05) is 11.1 Å². The minimum Gasteiger partial charge on any atom is -0.398 e. The Morgan fingerprint density at radius 2 is 1.90 bits per heavy atom. The van der Waals surface area contributed by atoms with Crippen LogP contribution in [0.2, 0.25) is 0 Å². The zero-order valence-electron chi connectivity index (χ0n) is 12.2. The van der Waals surface area contributed by atoms with E-state index in [-0.39, 0.29) is 5.91 Å². The van der Waals surface area contributed by atoms with Crippen molar-refractivity contribution in [2.24, 2.45) is 0 Å². The molecule has 21 heavy (non-hydrogen) atoms. The highest BCUT2D eigenvalue weighted by atomic mass is 32.2. The van der Waals surface area contributed by atoms with E-state index < -0.39 is 0 Å². The average Bonchev–Trinajstić information content (AvgIpc) is 2.44. The summed E-state index contributed by atoms with van der Waals surface area (Å²) in [6.45, 7) is 4.18. The van der Waals surface area contributed by atoms with Gasteiger partial charge in [0.2, 0.25) is 5.91 Å². The smallest absolute Gasteiger partial charge is 0.224 e. The highest BCUT2D eigenvalue weighted by molar-refractivity contribution is 7.99. The number of anilines is 2. The van der Waals surface area contributed by atoms with Crippen LogP contribution in [-0.2, 0) is 11.2 Å². The van der Waals surface area contributed by atoms with Crippen LogP contribution in [0.25, 0.3) is 0 Å². The van der Waals surface area contributed by atoms with Gasteiger partial charge < -0.3 is 11.1 Å². The van der Waals surface area contributed by atoms with Gasteiger partial charge in [0.1, 0.15) is 0 Å². The lowest BCUT2D eigenvalue weighted by Crippen LogP contribution is -2.19. The molecule has 3 nitrogen and oxygen atoms in total. The molecule has 3 N–H and O–H groups in total. The standard InChI is InChI=1S/C17H18N2OS/c1-10-3-4-11(2)15(7-10)21-16-9-14-12(8-13(16)18)5-6-17(20)19-14/h3-4,7-9H,5-6,18H2,1-2H3,(H,19,20). The molecule has 0 aliphatic carbocycles. The molecule has 0 radical (unpaired) electrons. The summed E-state index contributed by atoms with van der Waals surface area (Å²) in [6.07, 6.45) is 1.30. The Morgan fingerprint density at radius 3 is 2.71 bits per heavy atom. The van der Waals surface area contributed by atoms with Crippen molar-refractivity contribution in [2.45, 2.75) is 36.5 Å². The summed E-state index contributed by atoms with van der Waals surface area (Å²) in [6, 6.07) is 10.4. The summed E-state index contributed by atoms with van der Waals surface area (Å²) < 4.78 is 0. The largest absolute Gasteiger partial charge is 0.398 e. The molecule has 0 atom stereocenters. The van der Waals surface area contributed by atoms with Crippen LogP contribution in [-0.4, -0.2) is 5.91 Å². The first-order chi connectivity index (χ1) is 10.0. The summed E-state index contributed by atoms with van der Waals surface area (Å²) in [7, 11) is 0. The number of nitrogen functional groups attached to an aromatic ring is 1. The van der Waals surface area contributed by atoms with Crippen molar-refractivity contribution in [3.63, 3.8) is 0 Å². The molecule has 108 valence electrons. The van der Waals surface area contributed by atoms with Crippen LogP contribution in [0.3, 0.4) is 0 Å². The molecule has 0 bridgehead atoms. The molecule has 0 aromatic heterocycles. The number of aryl methyl sites for hydroxylation is 3. The Kier molecular flexibility index (Phi) is 3.64. The SMILES string of the molecule is Cc1ccc(C)c(Sc2cc3c(cc2N)CCC(=O)N3)c1. The molecule has 3 rings (SSSR count). The molecule has 2 aromatic carbocycles. The van der Waals surface area contributed by atoms with Crippen molar-refractivity contribution in [3.05, 3.63) is 47.0 Å². The zero-order valence-corrected chi connectivity index (χ0v) is 13.0. The van der Waals surface area contributed by atoms with E-state index in [4.69, 9.17) is 5.73 Å². The average molecular weight is 298 g/mol. The number of hydrogen-bond acceptors (Lipinski definition) is 3. The van der Waals surface area contributed by atoms with Crippen LogP contribution in [0.15, 0.2) is 40.1 Å². The zero-order chi connectivity index (χ0) is 15.0. The van der Waals surface area contributed by atoms with E-state index in [0.29, 0.717) is 6.42 Å². The van der Waals surface area contributed by atoms with E-state index in [1.165, 1.54) is 16.0 Å². The number of carbonyl (C=O) groups is 1. The fraction of sp³-hybridized carbons (Fsp3) is 0.235. The molecule has 1 aliphatic rings. The fourth-order valence-electron chi connectivity index (χ4n) is 2.45. The summed E-state index contributed by atoms with van der Waals surface area (Å²) >= 11 is 1.65. The van der Waals surface area contributed by atoms with Crippen molar-refractivity contribution in [3.8, 4) is 0 Å². The number of carbonyl (C=O) groups excluding carboxylic acids is 1. The van der Waals surface area contributed by atoms with Crippen LogP contribution < -0.4 is 11.1 Å². The number of hydrogen-bond donors (Lipinski definition) is 2. The van der Waals surface area contributed by atoms with Gasteiger partial charge in [0.25, 0.3) is 0 Å². The molecule has 2 aromatic rings. The van der Waals surface area contributed by atoms with Gasteiger partial charge in [-0.2, -0.15) is 0 Å². The Hall–Kier alpha value is -1.94. The van der Waals surface area contributed by atoms with E-state index >= 15 is 0 Å². The van der Waals surface area contributed by atoms with Crippen LogP contribution in [0.4, 0.5) is 11.4 Å². The molecular formula is C17H18N2OS. The summed E-state index contributed by atoms with van der Waals surface area (Å²) in [5.41, 5.74) is 11.4. The Balaban J connectivity index is 1.97. The topological polar surface area (TPSA) is 55.1 Å². The normalized spacial score (nSPS) is 13.7. The molecule has 1 heterocycles. The van der Waals surface area contributed by atoms with Crippen molar-refractivity contribution in [1.29, 1.82) is 0 Å². The van der Waals surface area contributed by atoms with E-state index in [1.807, 2.05) is 12.1 Å². The van der Waals surface area contributed by atoms with Gasteiger partial charge in [-0.05, 0) is 55.2 Å². The molecule has 0 saturated carbocycles. The summed E-state index contributed by atoms with van der Waals surface area (Å²) in [5, 5.41) is 2.93. The lowest BCUT2D eigenvalue weighted by atomic mass is 10.0. The Morgan fingerprint density at radius 1 is 1.10 bits per heavy atom. The molecule has 1 aliphatic heterocycles. The molecule has 0 saturated heterocycles. The van der Waals surface area contributed by atoms with Gasteiger partial charge in [0.05, 0.1) is 0 Å². The van der Waals surface area contributed by atoms with Gasteiger partial charge in [0, 0.05) is 27.6 Å². The summed E-state index contributed by atoms with van der Waals surface area (Å²) in [4.78, 5) is 13.7. The van der Waals surface area contributed by atoms with Gasteiger partial charge >= 0.3 is 0 Å². The molecule has 4 heteroatoms. The fourth-order valence-corrected chi connectivity index (χ4v) is 3.52. The monoisotopic (exact) mass is 298 g/mol. The second-order valence-electron chi connectivity index (χ2n) is 5.47. The van der Waals surface area contributed by atoms with Crippen LogP contribution in [0.1, 0.15) is 23.1 Å². The maximum Gasteiger partial charge on any atom is 0.224 e. The number of benzene rings is 2. The van der Waals surface area contributed by atoms with Crippen molar-refractivity contribution in [1.82, 2.24) is 0 Å².